The Balaban J connectivity index is 1.93. The van der Waals surface area contributed by atoms with Crippen molar-refractivity contribution >= 4 is 5.82 Å². The first-order valence-corrected chi connectivity index (χ1v) is 9.12. The Labute approximate surface area is 161 Å². The van der Waals surface area contributed by atoms with Crippen molar-refractivity contribution in [3.63, 3.8) is 0 Å². The highest BCUT2D eigenvalue weighted by Crippen LogP contribution is 2.37. The molecule has 9 heteroatoms. The summed E-state index contributed by atoms with van der Waals surface area (Å²) < 4.78 is 38.5. The monoisotopic (exact) mass is 395 g/mol. The number of phenolic OH excluding ortho intramolecular Hbond substituents is 1. The number of nitrogens with one attached hydrogen (secondary N) is 1. The second-order valence-electron chi connectivity index (χ2n) is 7.18. The SMILES string of the molecule is Cc1c(-c2ccc(C(F)(F)F)cc2O)nnc(N[C@@H]2CCCN(C)C2)c1CN. The summed E-state index contributed by atoms with van der Waals surface area (Å²) in [6.07, 6.45) is -2.44. The third-order valence-corrected chi connectivity index (χ3v) is 5.09. The van der Waals surface area contributed by atoms with Crippen LogP contribution in [0.1, 0.15) is 29.5 Å². The molecule has 1 atom stereocenters. The van der Waals surface area contributed by atoms with Gasteiger partial charge in [-0.3, -0.25) is 0 Å². The molecule has 0 saturated carbocycles. The molecule has 1 aromatic heterocycles. The molecular weight excluding hydrogens is 371 g/mol. The van der Waals surface area contributed by atoms with Crippen molar-refractivity contribution < 1.29 is 18.3 Å². The van der Waals surface area contributed by atoms with E-state index in [4.69, 9.17) is 5.73 Å². The summed E-state index contributed by atoms with van der Waals surface area (Å²) >= 11 is 0. The number of likely N-dealkylation sites (tertiary alicyclic amines) is 1. The molecular formula is C19H24F3N5O. The molecule has 152 valence electrons. The van der Waals surface area contributed by atoms with Gasteiger partial charge in [0.15, 0.2) is 5.82 Å². The van der Waals surface area contributed by atoms with Gasteiger partial charge in [0, 0.05) is 30.3 Å². The van der Waals surface area contributed by atoms with Crippen LogP contribution in [0.25, 0.3) is 11.3 Å². The molecule has 4 N–H and O–H groups in total. The number of hydrogen-bond donors (Lipinski definition) is 3. The molecule has 0 aliphatic carbocycles. The molecule has 0 spiro atoms. The molecule has 1 aromatic carbocycles. The van der Waals surface area contributed by atoms with Crippen LogP contribution in [-0.4, -0.2) is 46.4 Å². The minimum Gasteiger partial charge on any atom is -0.507 e. The van der Waals surface area contributed by atoms with Crippen molar-refractivity contribution in [1.82, 2.24) is 15.1 Å². The number of phenols is 1. The van der Waals surface area contributed by atoms with Gasteiger partial charge in [0.05, 0.1) is 5.56 Å². The smallest absolute Gasteiger partial charge is 0.416 e. The van der Waals surface area contributed by atoms with E-state index in [1.165, 1.54) is 6.07 Å². The second-order valence-corrected chi connectivity index (χ2v) is 7.18. The zero-order valence-electron chi connectivity index (χ0n) is 15.8. The van der Waals surface area contributed by atoms with Gasteiger partial charge in [-0.1, -0.05) is 0 Å². The summed E-state index contributed by atoms with van der Waals surface area (Å²) in [4.78, 5) is 2.23. The quantitative estimate of drug-likeness (QED) is 0.737. The van der Waals surface area contributed by atoms with E-state index in [0.29, 0.717) is 23.1 Å². The predicted octanol–water partition coefficient (Wildman–Crippen LogP) is 3.14. The topological polar surface area (TPSA) is 87.3 Å². The molecule has 3 rings (SSSR count). The van der Waals surface area contributed by atoms with Gasteiger partial charge in [-0.05, 0) is 57.1 Å². The molecule has 0 amide bonds. The summed E-state index contributed by atoms with van der Waals surface area (Å²) in [6, 6.07) is 3.05. The maximum atomic E-state index is 12.8. The molecule has 2 aromatic rings. The van der Waals surface area contributed by atoms with E-state index < -0.39 is 17.5 Å². The number of rotatable bonds is 4. The lowest BCUT2D eigenvalue weighted by Gasteiger charge is -2.31. The fourth-order valence-corrected chi connectivity index (χ4v) is 3.56. The number of benzene rings is 1. The maximum absolute atomic E-state index is 12.8. The largest absolute Gasteiger partial charge is 0.507 e. The maximum Gasteiger partial charge on any atom is 0.416 e. The normalized spacial score (nSPS) is 18.3. The van der Waals surface area contributed by atoms with E-state index in [-0.39, 0.29) is 18.2 Å². The fourth-order valence-electron chi connectivity index (χ4n) is 3.56. The van der Waals surface area contributed by atoms with Crippen molar-refractivity contribution in [1.29, 1.82) is 0 Å². The fraction of sp³-hybridized carbons (Fsp3) is 0.474. The molecule has 1 aliphatic rings. The number of likely N-dealkylation sites (N-methyl/N-ethyl adjacent to an activating group) is 1. The van der Waals surface area contributed by atoms with E-state index in [0.717, 1.165) is 37.6 Å². The van der Waals surface area contributed by atoms with Crippen LogP contribution < -0.4 is 11.1 Å². The standard InChI is InChI=1S/C19H24F3N5O/c1-11-15(9-23)18(24-13-4-3-7-27(2)10-13)26-25-17(11)14-6-5-12(8-16(14)28)19(20,21)22/h5-6,8,13,28H,3-4,7,9-10,23H2,1-2H3,(H,24,26)/t13-/m1/s1. The van der Waals surface area contributed by atoms with Gasteiger partial charge >= 0.3 is 6.18 Å². The van der Waals surface area contributed by atoms with Gasteiger partial charge in [-0.15, -0.1) is 10.2 Å². The highest BCUT2D eigenvalue weighted by Gasteiger charge is 2.31. The summed E-state index contributed by atoms with van der Waals surface area (Å²) in [7, 11) is 2.06. The number of anilines is 1. The highest BCUT2D eigenvalue weighted by molar-refractivity contribution is 5.72. The molecule has 1 saturated heterocycles. The van der Waals surface area contributed by atoms with Crippen molar-refractivity contribution in [3.05, 3.63) is 34.9 Å². The number of piperidine rings is 1. The van der Waals surface area contributed by atoms with Gasteiger partial charge in [-0.2, -0.15) is 13.2 Å². The average molecular weight is 395 g/mol. The minimum atomic E-state index is -4.53. The molecule has 1 fully saturated rings. The van der Waals surface area contributed by atoms with Gasteiger partial charge in [0.25, 0.3) is 0 Å². The third kappa shape index (κ3) is 4.20. The lowest BCUT2D eigenvalue weighted by Crippen LogP contribution is -2.40. The first kappa shape index (κ1) is 20.3. The van der Waals surface area contributed by atoms with E-state index in [2.05, 4.69) is 27.5 Å². The zero-order valence-corrected chi connectivity index (χ0v) is 15.8. The predicted molar refractivity (Wildman–Crippen MR) is 101 cm³/mol. The van der Waals surface area contributed by atoms with E-state index in [1.54, 1.807) is 6.92 Å². The van der Waals surface area contributed by atoms with Crippen LogP contribution in [-0.2, 0) is 12.7 Å². The van der Waals surface area contributed by atoms with Crippen molar-refractivity contribution in [3.8, 4) is 17.0 Å². The highest BCUT2D eigenvalue weighted by atomic mass is 19.4. The van der Waals surface area contributed by atoms with Gasteiger partial charge in [0.1, 0.15) is 11.4 Å². The van der Waals surface area contributed by atoms with E-state index in [9.17, 15) is 18.3 Å². The van der Waals surface area contributed by atoms with Crippen molar-refractivity contribution in [2.75, 3.05) is 25.5 Å². The summed E-state index contributed by atoms with van der Waals surface area (Å²) in [5.74, 6) is 0.0836. The lowest BCUT2D eigenvalue weighted by atomic mass is 10.00. The molecule has 1 aliphatic heterocycles. The molecule has 6 nitrogen and oxygen atoms in total. The van der Waals surface area contributed by atoms with E-state index in [1.807, 2.05) is 0 Å². The Bertz CT molecular complexity index is 856. The van der Waals surface area contributed by atoms with Crippen molar-refractivity contribution in [2.24, 2.45) is 5.73 Å². The summed E-state index contributed by atoms with van der Waals surface area (Å²) in [5, 5.41) is 21.9. The first-order valence-electron chi connectivity index (χ1n) is 9.12. The lowest BCUT2D eigenvalue weighted by molar-refractivity contribution is -0.137. The minimum absolute atomic E-state index is 0.191. The Morgan fingerprint density at radius 3 is 2.68 bits per heavy atom. The number of nitrogens with two attached hydrogens (primary N) is 1. The Kier molecular flexibility index (Phi) is 5.76. The first-order chi connectivity index (χ1) is 13.2. The van der Waals surface area contributed by atoms with Crippen molar-refractivity contribution in [2.45, 2.75) is 38.5 Å². The van der Waals surface area contributed by atoms with Crippen LogP contribution in [0.15, 0.2) is 18.2 Å². The molecule has 0 bridgehead atoms. The zero-order chi connectivity index (χ0) is 20.5. The Morgan fingerprint density at radius 1 is 1.32 bits per heavy atom. The van der Waals surface area contributed by atoms with Crippen LogP contribution in [0.3, 0.4) is 0 Å². The number of aromatic nitrogens is 2. The molecule has 0 radical (unpaired) electrons. The van der Waals surface area contributed by atoms with Gasteiger partial charge in [0.2, 0.25) is 0 Å². The van der Waals surface area contributed by atoms with Crippen LogP contribution >= 0.6 is 0 Å². The Morgan fingerprint density at radius 2 is 2.07 bits per heavy atom. The van der Waals surface area contributed by atoms with Gasteiger partial charge < -0.3 is 21.1 Å². The number of alkyl halides is 3. The second kappa shape index (κ2) is 7.92. The van der Waals surface area contributed by atoms with Crippen LogP contribution in [0, 0.1) is 6.92 Å². The molecule has 0 unspecified atom stereocenters. The van der Waals surface area contributed by atoms with Gasteiger partial charge in [-0.25, -0.2) is 0 Å². The molecule has 2 heterocycles. The number of nitrogens with zero attached hydrogens (tertiary/aromatic N) is 3. The summed E-state index contributed by atoms with van der Waals surface area (Å²) in [6.45, 7) is 3.91. The van der Waals surface area contributed by atoms with Crippen LogP contribution in [0.4, 0.5) is 19.0 Å². The number of aromatic hydroxyl groups is 1. The average Bonchev–Trinajstić information content (AvgIpc) is 2.62. The van der Waals surface area contributed by atoms with E-state index >= 15 is 0 Å². The third-order valence-electron chi connectivity index (χ3n) is 5.09. The Hall–Kier alpha value is -2.39. The van der Waals surface area contributed by atoms with Crippen LogP contribution in [0.5, 0.6) is 5.75 Å². The number of halogens is 3. The summed E-state index contributed by atoms with van der Waals surface area (Å²) in [5.41, 5.74) is 6.92. The molecule has 28 heavy (non-hydrogen) atoms. The van der Waals surface area contributed by atoms with Crippen LogP contribution in [0.2, 0.25) is 0 Å². The number of hydrogen-bond acceptors (Lipinski definition) is 6.